The van der Waals surface area contributed by atoms with Crippen molar-refractivity contribution in [3.63, 3.8) is 0 Å². The van der Waals surface area contributed by atoms with Gasteiger partial charge in [-0.15, -0.1) is 70.6 Å². The predicted molar refractivity (Wildman–Crippen MR) is 422 cm³/mol. The lowest BCUT2D eigenvalue weighted by molar-refractivity contribution is -0.216. The average Bonchev–Trinajstić information content (AvgIpc) is 1.44. The Bertz CT molecular complexity index is 1820. The lowest BCUT2D eigenvalue weighted by atomic mass is 9.93. The van der Waals surface area contributed by atoms with Gasteiger partial charge in [-0.25, -0.2) is 0 Å². The Morgan fingerprint density at radius 2 is 0.980 bits per heavy atom. The van der Waals surface area contributed by atoms with Gasteiger partial charge in [-0.2, -0.15) is 47.0 Å². The van der Waals surface area contributed by atoms with E-state index in [4.69, 9.17) is 83.1 Å². The highest BCUT2D eigenvalue weighted by molar-refractivity contribution is 8.01. The minimum absolute atomic E-state index is 0.224. The summed E-state index contributed by atoms with van der Waals surface area (Å²) in [6, 6.07) is 0. The smallest absolute Gasteiger partial charge is 0.177 e. The van der Waals surface area contributed by atoms with Crippen molar-refractivity contribution in [3.05, 3.63) is 0 Å². The first-order valence-corrected chi connectivity index (χ1v) is 46.9. The zero-order valence-electron chi connectivity index (χ0n) is 61.1. The van der Waals surface area contributed by atoms with Gasteiger partial charge in [0, 0.05) is 72.8 Å². The summed E-state index contributed by atoms with van der Waals surface area (Å²) in [6.45, 7) is 25.7. The predicted octanol–water partition coefficient (Wildman–Crippen LogP) is 11.2. The third-order valence-electron chi connectivity index (χ3n) is 16.4. The van der Waals surface area contributed by atoms with Crippen molar-refractivity contribution >= 4 is 118 Å². The van der Waals surface area contributed by atoms with Crippen LogP contribution >= 0.6 is 118 Å². The van der Waals surface area contributed by atoms with Crippen LogP contribution in [0.1, 0.15) is 177 Å². The second-order valence-electron chi connectivity index (χ2n) is 27.5. The maximum atomic E-state index is 10.3. The molecule has 20 nitrogen and oxygen atoms in total. The monoisotopic (exact) mass is 1600 g/mol. The zero-order valence-corrected chi connectivity index (χ0v) is 69.3. The summed E-state index contributed by atoms with van der Waals surface area (Å²) in [4.78, 5) is -0.642. The van der Waals surface area contributed by atoms with Crippen LogP contribution in [0.2, 0.25) is 0 Å². The van der Waals surface area contributed by atoms with Crippen LogP contribution in [0.5, 0.6) is 0 Å². The van der Waals surface area contributed by atoms with E-state index in [9.17, 15) is 15.3 Å². The number of thioether (sulfide) groups is 10. The minimum Gasteiger partial charge on any atom is -0.380 e. The van der Waals surface area contributed by atoms with Crippen LogP contribution in [0.25, 0.3) is 0 Å². The SMILES string of the molecule is CC1(C)COCC(O)SC1.CC1(O)COCCCS1.CC1CCCOC(O)CS1.CC1CCCSCC(O)O1.CC1CCOCC(O)S1.CC1CCSC(O)CO1.CC1COCC(O)SC1.OC12CCCC1SCCCCO2.OC12CCCCC1SCCCCO2.OC1COCCCS1. The quantitative estimate of drug-likeness (QED) is 0.108. The number of hydrogen-bond donors (Lipinski definition) is 10. The Morgan fingerprint density at radius 3 is 1.72 bits per heavy atom. The van der Waals surface area contributed by atoms with E-state index in [1.54, 1.807) is 101 Å². The molecule has 0 bridgehead atoms. The zero-order chi connectivity index (χ0) is 72.6. The van der Waals surface area contributed by atoms with Crippen molar-refractivity contribution in [1.82, 2.24) is 0 Å². The molecule has 0 aromatic heterocycles. The first-order chi connectivity index (χ1) is 47.3. The van der Waals surface area contributed by atoms with Gasteiger partial charge in [-0.3, -0.25) is 0 Å². The van der Waals surface area contributed by atoms with Crippen LogP contribution in [-0.4, -0.2) is 291 Å². The van der Waals surface area contributed by atoms with Crippen molar-refractivity contribution in [2.45, 2.75) is 267 Å². The van der Waals surface area contributed by atoms with E-state index in [0.29, 0.717) is 79.3 Å². The van der Waals surface area contributed by atoms with Gasteiger partial charge in [0.2, 0.25) is 0 Å². The standard InChI is InChI=1S/C10H18O2S.C9H16O2S.3C7H14O2S.4C6H12O2S.C5H10O2S/c11-10-6-2-1-5-9(10)13-8-4-3-7-12-10;10-9-5-3-4-8(9)12-7-2-1-6-11-9;1-7(2)4-9-3-6(8)10-5-7;1-6-3-2-4-10-5-7(8)9-6;1-6-3-2-4-9-7(8)5-10-6;1-5-2-8-3-6(7)9-4-5;1-5-2-3-9-6(7)4-8-5;1-5-2-3-8-4-6(7)9-5;1-6(7)5-8-3-2-4-9-6;6-5-4-7-2-1-3-8-5/h9,11H,1-8H2;8,10H,1-7H2;6,8H,3-5H2,1-2H3;2*6-8H,2-5H2,1H3;3*5-7H,2-4H2,1H3;7H,2-5H2,1H3;5-6H,1-4H2. The van der Waals surface area contributed by atoms with E-state index in [-0.39, 0.29) is 38.7 Å². The summed E-state index contributed by atoms with van der Waals surface area (Å²) in [6.07, 6.45) is 20.4. The molecule has 17 atom stereocenters. The van der Waals surface area contributed by atoms with Crippen LogP contribution in [0, 0.1) is 11.3 Å². The van der Waals surface area contributed by atoms with E-state index in [1.807, 2.05) is 37.4 Å². The van der Waals surface area contributed by atoms with Crippen LogP contribution in [0.3, 0.4) is 0 Å². The maximum Gasteiger partial charge on any atom is 0.177 e. The summed E-state index contributed by atoms with van der Waals surface area (Å²) in [5, 5.41) is 95.1. The van der Waals surface area contributed by atoms with Crippen molar-refractivity contribution < 1.29 is 98.4 Å². The largest absolute Gasteiger partial charge is 0.380 e. The molecule has 12 rings (SSSR count). The molecule has 0 aromatic rings. The van der Waals surface area contributed by atoms with Crippen molar-refractivity contribution in [2.75, 3.05) is 150 Å². The third kappa shape index (κ3) is 50.3. The fraction of sp³-hybridized carbons (Fsp3) is 1.00. The van der Waals surface area contributed by atoms with E-state index in [2.05, 4.69) is 34.6 Å². The normalized spacial score (nSPS) is 37.9. The molecule has 10 N–H and O–H groups in total. The molecule has 0 aromatic carbocycles. The number of aliphatic hydroxyl groups is 10. The molecule has 0 spiro atoms. The highest BCUT2D eigenvalue weighted by Gasteiger charge is 2.43. The van der Waals surface area contributed by atoms with Gasteiger partial charge in [0.1, 0.15) is 32.1 Å². The van der Waals surface area contributed by atoms with Gasteiger partial charge in [-0.05, 0) is 169 Å². The molecule has 590 valence electrons. The summed E-state index contributed by atoms with van der Waals surface area (Å²) < 4.78 is 52.4. The van der Waals surface area contributed by atoms with Crippen LogP contribution in [0.4, 0.5) is 0 Å². The fourth-order valence-corrected chi connectivity index (χ4v) is 20.5. The van der Waals surface area contributed by atoms with Gasteiger partial charge in [0.15, 0.2) is 24.2 Å². The number of aliphatic hydroxyl groups excluding tert-OH is 7. The molecule has 10 heterocycles. The lowest BCUT2D eigenvalue weighted by Gasteiger charge is -2.40. The molecule has 2 saturated carbocycles. The van der Waals surface area contributed by atoms with Crippen LogP contribution in [-0.2, 0) is 47.4 Å². The van der Waals surface area contributed by atoms with Gasteiger partial charge in [0.25, 0.3) is 0 Å². The van der Waals surface area contributed by atoms with Crippen molar-refractivity contribution in [2.24, 2.45) is 11.3 Å². The lowest BCUT2D eigenvalue weighted by Crippen LogP contribution is -2.46. The first kappa shape index (κ1) is 95.9. The van der Waals surface area contributed by atoms with Crippen molar-refractivity contribution in [3.8, 4) is 0 Å². The molecular weight excluding hydrogens is 1470 g/mol. The Hall–Kier alpha value is 2.70. The Kier molecular flexibility index (Phi) is 55.9. The summed E-state index contributed by atoms with van der Waals surface area (Å²) >= 11 is 16.8. The highest BCUT2D eigenvalue weighted by atomic mass is 32.2. The highest BCUT2D eigenvalue weighted by Crippen LogP contribution is 2.42. The summed E-state index contributed by atoms with van der Waals surface area (Å²) in [5.41, 5.74) is -1.27. The van der Waals surface area contributed by atoms with E-state index < -0.39 is 29.1 Å². The van der Waals surface area contributed by atoms with E-state index >= 15 is 0 Å². The van der Waals surface area contributed by atoms with Gasteiger partial charge < -0.3 is 98.4 Å². The number of hydrogen-bond acceptors (Lipinski definition) is 30. The molecule has 10 aliphatic heterocycles. The van der Waals surface area contributed by atoms with Gasteiger partial charge in [0.05, 0.1) is 88.8 Å². The van der Waals surface area contributed by atoms with Crippen LogP contribution in [0.15, 0.2) is 0 Å². The van der Waals surface area contributed by atoms with E-state index in [0.717, 1.165) is 182 Å². The number of rotatable bonds is 0. The second kappa shape index (κ2) is 57.7. The molecule has 17 unspecified atom stereocenters. The van der Waals surface area contributed by atoms with Crippen LogP contribution < -0.4 is 0 Å². The second-order valence-corrected chi connectivity index (χ2v) is 40.9. The molecule has 2 aliphatic carbocycles. The van der Waals surface area contributed by atoms with Gasteiger partial charge in [-0.1, -0.05) is 41.0 Å². The number of fused-ring (bicyclic) bond motifs is 2. The molecule has 12 fully saturated rings. The molecule has 12 aliphatic rings. The summed E-state index contributed by atoms with van der Waals surface area (Å²) in [7, 11) is 0. The molecule has 0 radical (unpaired) electrons. The van der Waals surface area contributed by atoms with E-state index in [1.165, 1.54) is 43.6 Å². The minimum atomic E-state index is -0.788. The molecule has 30 heteroatoms. The fourth-order valence-electron chi connectivity index (χ4n) is 10.7. The molecular formula is C69H134O20S10. The molecule has 10 saturated heterocycles. The Morgan fingerprint density at radius 1 is 0.374 bits per heavy atom. The average molecular weight is 1600 g/mol. The summed E-state index contributed by atoms with van der Waals surface area (Å²) in [5.74, 6) is 9.07. The Labute approximate surface area is 639 Å². The molecule has 99 heavy (non-hydrogen) atoms. The third-order valence-corrected chi connectivity index (χ3v) is 29.0. The number of ether oxygens (including phenoxy) is 10. The topological polar surface area (TPSA) is 295 Å². The van der Waals surface area contributed by atoms with Gasteiger partial charge >= 0.3 is 0 Å². The first-order valence-electron chi connectivity index (χ1n) is 36.4. The molecule has 0 amide bonds. The maximum absolute atomic E-state index is 10.3. The van der Waals surface area contributed by atoms with Crippen molar-refractivity contribution in [1.29, 1.82) is 0 Å². The Balaban J connectivity index is 0.000000287.